The van der Waals surface area contributed by atoms with Crippen LogP contribution in [0.2, 0.25) is 0 Å². The average molecular weight is 519 g/mol. The Bertz CT molecular complexity index is 1030. The Labute approximate surface area is 216 Å². The maximum atomic E-state index is 14.0. The molecule has 1 fully saturated rings. The molecule has 1 unspecified atom stereocenters. The lowest BCUT2D eigenvalue weighted by molar-refractivity contribution is -0.164. The van der Waals surface area contributed by atoms with Gasteiger partial charge < -0.3 is 23.8 Å². The average Bonchev–Trinajstić information content (AvgIpc) is 3.01. The van der Waals surface area contributed by atoms with E-state index in [0.717, 1.165) is 4.90 Å². The molecule has 1 aliphatic rings. The first-order valence-corrected chi connectivity index (χ1v) is 11.7. The van der Waals surface area contributed by atoms with Crippen LogP contribution in [0.4, 0.5) is 4.79 Å². The maximum Gasteiger partial charge on any atom is 0.410 e. The van der Waals surface area contributed by atoms with Crippen molar-refractivity contribution in [2.75, 3.05) is 40.5 Å². The van der Waals surface area contributed by atoms with Gasteiger partial charge in [0.15, 0.2) is 5.41 Å². The van der Waals surface area contributed by atoms with Crippen LogP contribution >= 0.6 is 0 Å². The lowest BCUT2D eigenvalue weighted by Gasteiger charge is -2.34. The Morgan fingerprint density at radius 3 is 2.27 bits per heavy atom. The zero-order chi connectivity index (χ0) is 27.8. The van der Waals surface area contributed by atoms with Crippen molar-refractivity contribution in [3.63, 3.8) is 0 Å². The third kappa shape index (κ3) is 7.31. The van der Waals surface area contributed by atoms with Crippen LogP contribution in [0.3, 0.4) is 0 Å². The summed E-state index contributed by atoms with van der Waals surface area (Å²) in [5, 5.41) is 0. The van der Waals surface area contributed by atoms with Gasteiger partial charge in [0, 0.05) is 31.6 Å². The summed E-state index contributed by atoms with van der Waals surface area (Å²) < 4.78 is 20.6. The highest BCUT2D eigenvalue weighted by Crippen LogP contribution is 2.34. The molecule has 0 saturated carbocycles. The fraction of sp³-hybridized carbons (Fsp3) is 0.500. The number of rotatable bonds is 8. The van der Waals surface area contributed by atoms with Gasteiger partial charge >= 0.3 is 18.0 Å². The Kier molecular flexibility index (Phi) is 9.81. The molecule has 0 aromatic heterocycles. The van der Waals surface area contributed by atoms with Crippen molar-refractivity contribution in [2.24, 2.45) is 5.41 Å². The number of imide groups is 1. The molecule has 0 aliphatic carbocycles. The molecule has 1 heterocycles. The van der Waals surface area contributed by atoms with Gasteiger partial charge in [-0.1, -0.05) is 12.7 Å². The number of carbonyl (C=O) groups is 5. The summed E-state index contributed by atoms with van der Waals surface area (Å²) in [5.41, 5.74) is -2.77. The standard InChI is InChI=1S/C26H34N2O9/c1-7-16-36-23(32)26(13-12-20(29)35-6)17-27(24(33)37-25(2,3)4)14-15-28(22(26)31)21(30)18-8-10-19(34-5)11-9-18/h7-11H,1,12-17H2,2-6H3. The van der Waals surface area contributed by atoms with Crippen molar-refractivity contribution in [1.29, 1.82) is 0 Å². The van der Waals surface area contributed by atoms with Crippen molar-refractivity contribution in [3.8, 4) is 5.75 Å². The molecule has 0 N–H and O–H groups in total. The van der Waals surface area contributed by atoms with E-state index in [1.165, 1.54) is 37.3 Å². The minimum Gasteiger partial charge on any atom is -0.497 e. The van der Waals surface area contributed by atoms with Gasteiger partial charge in [-0.05, 0) is 51.5 Å². The van der Waals surface area contributed by atoms with Gasteiger partial charge in [-0.25, -0.2) is 4.79 Å². The summed E-state index contributed by atoms with van der Waals surface area (Å²) in [7, 11) is 2.65. The zero-order valence-electron chi connectivity index (χ0n) is 21.9. The first kappa shape index (κ1) is 29.3. The van der Waals surface area contributed by atoms with Crippen molar-refractivity contribution in [3.05, 3.63) is 42.5 Å². The lowest BCUT2D eigenvalue weighted by atomic mass is 9.81. The van der Waals surface area contributed by atoms with Crippen molar-refractivity contribution in [2.45, 2.75) is 39.2 Å². The van der Waals surface area contributed by atoms with Crippen LogP contribution in [-0.2, 0) is 28.6 Å². The molecule has 37 heavy (non-hydrogen) atoms. The Morgan fingerprint density at radius 2 is 1.73 bits per heavy atom. The van der Waals surface area contributed by atoms with E-state index >= 15 is 0 Å². The van der Waals surface area contributed by atoms with Crippen LogP contribution in [0.15, 0.2) is 36.9 Å². The van der Waals surface area contributed by atoms with Gasteiger partial charge in [0.1, 0.15) is 18.0 Å². The van der Waals surface area contributed by atoms with Gasteiger partial charge in [0.2, 0.25) is 5.91 Å². The second-order valence-electron chi connectivity index (χ2n) is 9.44. The summed E-state index contributed by atoms with van der Waals surface area (Å²) in [6.07, 6.45) is -0.157. The highest BCUT2D eigenvalue weighted by Gasteiger charge is 2.54. The molecule has 3 amide bonds. The van der Waals surface area contributed by atoms with Crippen LogP contribution in [0, 0.1) is 5.41 Å². The Morgan fingerprint density at radius 1 is 1.08 bits per heavy atom. The van der Waals surface area contributed by atoms with Gasteiger partial charge in [-0.3, -0.25) is 24.1 Å². The minimum atomic E-state index is -2.08. The quantitative estimate of drug-likeness (QED) is 0.168. The van der Waals surface area contributed by atoms with Crippen LogP contribution in [0.5, 0.6) is 5.75 Å². The molecule has 2 rings (SSSR count). The predicted molar refractivity (Wildman–Crippen MR) is 132 cm³/mol. The second kappa shape index (κ2) is 12.4. The normalized spacial score (nSPS) is 17.9. The molecule has 0 spiro atoms. The summed E-state index contributed by atoms with van der Waals surface area (Å²) in [5.74, 6) is -2.74. The third-order valence-corrected chi connectivity index (χ3v) is 5.65. The number of nitrogens with zero attached hydrogens (tertiary/aromatic N) is 2. The number of benzene rings is 1. The molecular weight excluding hydrogens is 484 g/mol. The number of amides is 3. The van der Waals surface area contributed by atoms with E-state index in [1.807, 2.05) is 0 Å². The lowest BCUT2D eigenvalue weighted by Crippen LogP contribution is -2.54. The van der Waals surface area contributed by atoms with Gasteiger partial charge in [-0.2, -0.15) is 0 Å². The zero-order valence-corrected chi connectivity index (χ0v) is 21.9. The van der Waals surface area contributed by atoms with Crippen LogP contribution < -0.4 is 4.74 Å². The van der Waals surface area contributed by atoms with E-state index in [-0.39, 0.29) is 38.1 Å². The van der Waals surface area contributed by atoms with E-state index in [1.54, 1.807) is 32.9 Å². The van der Waals surface area contributed by atoms with Gasteiger partial charge in [-0.15, -0.1) is 0 Å². The number of ether oxygens (including phenoxy) is 4. The topological polar surface area (TPSA) is 129 Å². The molecule has 0 bridgehead atoms. The highest BCUT2D eigenvalue weighted by molar-refractivity contribution is 6.13. The Hall–Kier alpha value is -3.89. The number of hydrogen-bond acceptors (Lipinski definition) is 9. The largest absolute Gasteiger partial charge is 0.497 e. The van der Waals surface area contributed by atoms with Gasteiger partial charge in [0.25, 0.3) is 5.91 Å². The molecule has 1 aliphatic heterocycles. The molecule has 202 valence electrons. The SMILES string of the molecule is C=CCOC(=O)C1(CCC(=O)OC)CN(C(=O)OC(C)(C)C)CCN(C(=O)c2ccc(OC)cc2)C1=O. The number of hydrogen-bond donors (Lipinski definition) is 0. The molecule has 1 aromatic carbocycles. The van der Waals surface area contributed by atoms with Gasteiger partial charge in [0.05, 0.1) is 14.2 Å². The fourth-order valence-electron chi connectivity index (χ4n) is 3.75. The third-order valence-electron chi connectivity index (χ3n) is 5.65. The molecular formula is C26H34N2O9. The summed E-state index contributed by atoms with van der Waals surface area (Å²) in [4.78, 5) is 68.0. The van der Waals surface area contributed by atoms with E-state index in [9.17, 15) is 24.0 Å². The molecule has 11 nitrogen and oxygen atoms in total. The predicted octanol–water partition coefficient (Wildman–Crippen LogP) is 2.58. The minimum absolute atomic E-state index is 0.0999. The van der Waals surface area contributed by atoms with E-state index in [2.05, 4.69) is 6.58 Å². The van der Waals surface area contributed by atoms with Crippen molar-refractivity contribution >= 4 is 29.8 Å². The summed E-state index contributed by atoms with van der Waals surface area (Å²) in [6, 6.07) is 6.09. The Balaban J connectivity index is 2.58. The molecule has 1 saturated heterocycles. The van der Waals surface area contributed by atoms with E-state index < -0.39 is 47.4 Å². The number of methoxy groups -OCH3 is 2. The number of carbonyl (C=O) groups excluding carboxylic acids is 5. The fourth-order valence-corrected chi connectivity index (χ4v) is 3.75. The first-order valence-electron chi connectivity index (χ1n) is 11.7. The smallest absolute Gasteiger partial charge is 0.410 e. The second-order valence-corrected chi connectivity index (χ2v) is 9.44. The highest BCUT2D eigenvalue weighted by atomic mass is 16.6. The van der Waals surface area contributed by atoms with Crippen LogP contribution in [0.1, 0.15) is 44.0 Å². The molecule has 1 atom stereocenters. The van der Waals surface area contributed by atoms with Crippen molar-refractivity contribution < 1.29 is 42.9 Å². The summed E-state index contributed by atoms with van der Waals surface area (Å²) >= 11 is 0. The molecule has 1 aromatic rings. The first-order chi connectivity index (χ1) is 17.4. The van der Waals surface area contributed by atoms with Crippen LogP contribution in [0.25, 0.3) is 0 Å². The maximum absolute atomic E-state index is 14.0. The van der Waals surface area contributed by atoms with E-state index in [4.69, 9.17) is 18.9 Å². The molecule has 0 radical (unpaired) electrons. The monoisotopic (exact) mass is 518 g/mol. The van der Waals surface area contributed by atoms with Crippen molar-refractivity contribution in [1.82, 2.24) is 9.80 Å². The van der Waals surface area contributed by atoms with Crippen LogP contribution in [-0.4, -0.2) is 85.7 Å². The number of esters is 2. The van der Waals surface area contributed by atoms with E-state index in [0.29, 0.717) is 5.75 Å². The molecule has 11 heteroatoms. The summed E-state index contributed by atoms with van der Waals surface area (Å²) in [6.45, 7) is 7.55.